The Labute approximate surface area is 112 Å². The molecule has 0 saturated carbocycles. The molecule has 0 aliphatic heterocycles. The zero-order valence-electron chi connectivity index (χ0n) is 10.5. The van der Waals surface area contributed by atoms with E-state index in [-0.39, 0.29) is 0 Å². The van der Waals surface area contributed by atoms with Crippen LogP contribution in [0.1, 0.15) is 12.5 Å². The molecule has 0 radical (unpaired) electrons. The van der Waals surface area contributed by atoms with Crippen molar-refractivity contribution in [3.8, 4) is 16.9 Å². The Morgan fingerprint density at radius 3 is 2.61 bits per heavy atom. The van der Waals surface area contributed by atoms with Gasteiger partial charge in [-0.05, 0) is 54.8 Å². The molecule has 2 N–H and O–H groups in total. The predicted octanol–water partition coefficient (Wildman–Crippen LogP) is 4.30. The summed E-state index contributed by atoms with van der Waals surface area (Å²) in [4.78, 5) is 0. The third kappa shape index (κ3) is 2.77. The molecule has 0 heterocycles. The molecule has 18 heavy (non-hydrogen) atoms. The second-order valence-corrected chi connectivity index (χ2v) is 4.62. The van der Waals surface area contributed by atoms with Crippen molar-refractivity contribution in [2.24, 2.45) is 0 Å². The van der Waals surface area contributed by atoms with Gasteiger partial charge in [0.05, 0.1) is 6.61 Å². The van der Waals surface area contributed by atoms with E-state index in [1.165, 1.54) is 0 Å². The highest BCUT2D eigenvalue weighted by atomic mass is 35.5. The molecule has 0 unspecified atom stereocenters. The van der Waals surface area contributed by atoms with Crippen LogP contribution in [0.4, 0.5) is 5.69 Å². The number of nitrogens with two attached hydrogens (primary N) is 1. The van der Waals surface area contributed by atoms with Crippen LogP contribution in [0.25, 0.3) is 11.1 Å². The summed E-state index contributed by atoms with van der Waals surface area (Å²) in [6.07, 6.45) is 0. The molecule has 0 aromatic heterocycles. The van der Waals surface area contributed by atoms with E-state index in [9.17, 15) is 0 Å². The fourth-order valence-corrected chi connectivity index (χ4v) is 2.21. The van der Waals surface area contributed by atoms with Crippen LogP contribution in [0.5, 0.6) is 5.75 Å². The molecule has 2 nitrogen and oxygen atoms in total. The van der Waals surface area contributed by atoms with Crippen molar-refractivity contribution in [3.63, 3.8) is 0 Å². The zero-order chi connectivity index (χ0) is 13.1. The van der Waals surface area contributed by atoms with Gasteiger partial charge in [-0.1, -0.05) is 17.7 Å². The monoisotopic (exact) mass is 261 g/mol. The van der Waals surface area contributed by atoms with Gasteiger partial charge in [-0.15, -0.1) is 0 Å². The van der Waals surface area contributed by atoms with E-state index >= 15 is 0 Å². The lowest BCUT2D eigenvalue weighted by Gasteiger charge is -2.10. The quantitative estimate of drug-likeness (QED) is 0.837. The summed E-state index contributed by atoms with van der Waals surface area (Å²) in [6, 6.07) is 11.6. The lowest BCUT2D eigenvalue weighted by molar-refractivity contribution is 0.340. The molecule has 2 aromatic rings. The molecule has 94 valence electrons. The summed E-state index contributed by atoms with van der Waals surface area (Å²) in [7, 11) is 0. The molecule has 0 aliphatic carbocycles. The fourth-order valence-electron chi connectivity index (χ4n) is 1.98. The summed E-state index contributed by atoms with van der Waals surface area (Å²) < 4.78 is 5.51. The largest absolute Gasteiger partial charge is 0.494 e. The first kappa shape index (κ1) is 12.8. The van der Waals surface area contributed by atoms with Crippen molar-refractivity contribution in [2.75, 3.05) is 12.3 Å². The maximum atomic E-state index is 5.97. The SMILES string of the molecule is CCOc1cc(N)cc(-c2ccc(Cl)cc2C)c1. The van der Waals surface area contributed by atoms with E-state index in [1.807, 2.05) is 50.2 Å². The Bertz CT molecular complexity index is 566. The summed E-state index contributed by atoms with van der Waals surface area (Å²) in [6.45, 7) is 4.61. The topological polar surface area (TPSA) is 35.2 Å². The van der Waals surface area contributed by atoms with Crippen LogP contribution >= 0.6 is 11.6 Å². The third-order valence-electron chi connectivity index (χ3n) is 2.74. The van der Waals surface area contributed by atoms with Crippen LogP contribution in [0, 0.1) is 6.92 Å². The molecule has 0 saturated heterocycles. The van der Waals surface area contributed by atoms with Gasteiger partial charge in [0, 0.05) is 16.8 Å². The minimum Gasteiger partial charge on any atom is -0.494 e. The van der Waals surface area contributed by atoms with Crippen molar-refractivity contribution < 1.29 is 4.74 Å². The van der Waals surface area contributed by atoms with Crippen LogP contribution in [-0.4, -0.2) is 6.61 Å². The Morgan fingerprint density at radius 2 is 1.94 bits per heavy atom. The normalized spacial score (nSPS) is 10.4. The number of nitrogen functional groups attached to an aromatic ring is 1. The zero-order valence-corrected chi connectivity index (χ0v) is 11.3. The van der Waals surface area contributed by atoms with Crippen molar-refractivity contribution in [1.82, 2.24) is 0 Å². The number of hydrogen-bond donors (Lipinski definition) is 1. The van der Waals surface area contributed by atoms with Gasteiger partial charge in [0.2, 0.25) is 0 Å². The third-order valence-corrected chi connectivity index (χ3v) is 2.97. The smallest absolute Gasteiger partial charge is 0.121 e. The van der Waals surface area contributed by atoms with Crippen LogP contribution in [-0.2, 0) is 0 Å². The van der Waals surface area contributed by atoms with E-state index in [0.717, 1.165) is 27.5 Å². The summed E-state index contributed by atoms with van der Waals surface area (Å²) in [5.41, 5.74) is 9.89. The van der Waals surface area contributed by atoms with Crippen LogP contribution < -0.4 is 10.5 Å². The van der Waals surface area contributed by atoms with E-state index in [2.05, 4.69) is 0 Å². The average molecular weight is 262 g/mol. The van der Waals surface area contributed by atoms with E-state index in [1.54, 1.807) is 0 Å². The molecule has 2 aromatic carbocycles. The van der Waals surface area contributed by atoms with Gasteiger partial charge in [0.15, 0.2) is 0 Å². The molecule has 0 spiro atoms. The van der Waals surface area contributed by atoms with Gasteiger partial charge in [-0.3, -0.25) is 0 Å². The highest BCUT2D eigenvalue weighted by molar-refractivity contribution is 6.30. The molecule has 3 heteroatoms. The lowest BCUT2D eigenvalue weighted by atomic mass is 10.00. The minimum atomic E-state index is 0.627. The summed E-state index contributed by atoms with van der Waals surface area (Å²) in [5, 5.41) is 0.741. The van der Waals surface area contributed by atoms with E-state index < -0.39 is 0 Å². The Kier molecular flexibility index (Phi) is 3.78. The molecule has 0 bridgehead atoms. The molecule has 0 atom stereocenters. The van der Waals surface area contributed by atoms with Gasteiger partial charge in [-0.25, -0.2) is 0 Å². The fraction of sp³-hybridized carbons (Fsp3) is 0.200. The van der Waals surface area contributed by atoms with Crippen molar-refractivity contribution >= 4 is 17.3 Å². The number of aryl methyl sites for hydroxylation is 1. The van der Waals surface area contributed by atoms with E-state index in [4.69, 9.17) is 22.1 Å². The van der Waals surface area contributed by atoms with E-state index in [0.29, 0.717) is 12.3 Å². The number of anilines is 1. The number of rotatable bonds is 3. The highest BCUT2D eigenvalue weighted by Crippen LogP contribution is 2.30. The van der Waals surface area contributed by atoms with Gasteiger partial charge in [-0.2, -0.15) is 0 Å². The predicted molar refractivity (Wildman–Crippen MR) is 77.2 cm³/mol. The van der Waals surface area contributed by atoms with Crippen molar-refractivity contribution in [1.29, 1.82) is 0 Å². The molecular weight excluding hydrogens is 246 g/mol. The standard InChI is InChI=1S/C15H16ClNO/c1-3-18-14-8-11(7-13(17)9-14)15-5-4-12(16)6-10(15)2/h4-9H,3,17H2,1-2H3. The molecule has 2 rings (SSSR count). The molecular formula is C15H16ClNO. The van der Waals surface area contributed by atoms with Gasteiger partial charge >= 0.3 is 0 Å². The second-order valence-electron chi connectivity index (χ2n) is 4.18. The lowest BCUT2D eigenvalue weighted by Crippen LogP contribution is -1.95. The Hall–Kier alpha value is -1.67. The first-order valence-electron chi connectivity index (χ1n) is 5.90. The minimum absolute atomic E-state index is 0.627. The van der Waals surface area contributed by atoms with Crippen molar-refractivity contribution in [2.45, 2.75) is 13.8 Å². The number of benzene rings is 2. The van der Waals surface area contributed by atoms with Crippen LogP contribution in [0.3, 0.4) is 0 Å². The van der Waals surface area contributed by atoms with Gasteiger partial charge < -0.3 is 10.5 Å². The van der Waals surface area contributed by atoms with Gasteiger partial charge in [0.1, 0.15) is 5.75 Å². The Morgan fingerprint density at radius 1 is 1.17 bits per heavy atom. The maximum Gasteiger partial charge on any atom is 0.121 e. The maximum absolute atomic E-state index is 5.97. The van der Waals surface area contributed by atoms with Crippen molar-refractivity contribution in [3.05, 3.63) is 47.0 Å². The number of hydrogen-bond acceptors (Lipinski definition) is 2. The molecule has 0 aliphatic rings. The van der Waals surface area contributed by atoms with Gasteiger partial charge in [0.25, 0.3) is 0 Å². The molecule has 0 fully saturated rings. The molecule has 0 amide bonds. The summed E-state index contributed by atoms with van der Waals surface area (Å²) in [5.74, 6) is 0.793. The first-order valence-corrected chi connectivity index (χ1v) is 6.28. The number of ether oxygens (including phenoxy) is 1. The van der Waals surface area contributed by atoms with Crippen LogP contribution in [0.15, 0.2) is 36.4 Å². The Balaban J connectivity index is 2.49. The first-order chi connectivity index (χ1) is 8.60. The average Bonchev–Trinajstić information content (AvgIpc) is 2.28. The second kappa shape index (κ2) is 5.32. The summed E-state index contributed by atoms with van der Waals surface area (Å²) >= 11 is 5.97. The van der Waals surface area contributed by atoms with Crippen LogP contribution in [0.2, 0.25) is 5.02 Å². The number of halogens is 1. The highest BCUT2D eigenvalue weighted by Gasteiger charge is 2.06.